The smallest absolute Gasteiger partial charge is 0.244 e. The Kier molecular flexibility index (Phi) is 5.35. The van der Waals surface area contributed by atoms with Gasteiger partial charge in [0.05, 0.1) is 12.2 Å². The molecule has 2 N–H and O–H groups in total. The molecule has 0 radical (unpaired) electrons. The van der Waals surface area contributed by atoms with E-state index in [-0.39, 0.29) is 25.2 Å². The first-order chi connectivity index (χ1) is 12.1. The highest BCUT2D eigenvalue weighted by Gasteiger charge is 2.12. The molecule has 128 valence electrons. The number of nitrogens with one attached hydrogen (secondary N) is 2. The van der Waals surface area contributed by atoms with Crippen LogP contribution < -0.4 is 20.1 Å². The number of hydrogen-bond donors (Lipinski definition) is 2. The van der Waals surface area contributed by atoms with E-state index in [0.717, 1.165) is 10.0 Å². The molecule has 6 nitrogen and oxygen atoms in total. The lowest BCUT2D eigenvalue weighted by Crippen LogP contribution is -2.31. The van der Waals surface area contributed by atoms with Gasteiger partial charge < -0.3 is 20.1 Å². The Balaban J connectivity index is 1.49. The van der Waals surface area contributed by atoms with Gasteiger partial charge in [-0.1, -0.05) is 18.2 Å². The predicted molar refractivity (Wildman–Crippen MR) is 97.4 cm³/mol. The first kappa shape index (κ1) is 17.0. The van der Waals surface area contributed by atoms with Crippen molar-refractivity contribution >= 4 is 39.5 Å². The van der Waals surface area contributed by atoms with Crippen molar-refractivity contribution in [3.05, 3.63) is 58.6 Å². The normalized spacial score (nSPS) is 12.2. The van der Waals surface area contributed by atoms with Gasteiger partial charge in [0.15, 0.2) is 11.5 Å². The summed E-state index contributed by atoms with van der Waals surface area (Å²) in [6, 6.07) is 12.6. The molecule has 0 fully saturated rings. The van der Waals surface area contributed by atoms with Crippen LogP contribution in [0.3, 0.4) is 0 Å². The molecule has 0 aromatic heterocycles. The van der Waals surface area contributed by atoms with Gasteiger partial charge in [-0.05, 0) is 51.8 Å². The number of amides is 2. The Labute approximate surface area is 153 Å². The summed E-state index contributed by atoms with van der Waals surface area (Å²) in [5.74, 6) is 0.664. The van der Waals surface area contributed by atoms with Gasteiger partial charge in [-0.2, -0.15) is 0 Å². The summed E-state index contributed by atoms with van der Waals surface area (Å²) in [6.07, 6.45) is 3.01. The third-order valence-electron chi connectivity index (χ3n) is 3.39. The number of carbonyl (C=O) groups is 2. The second-order valence-corrected chi connectivity index (χ2v) is 6.05. The van der Waals surface area contributed by atoms with Gasteiger partial charge in [0.25, 0.3) is 0 Å². The molecule has 0 saturated carbocycles. The van der Waals surface area contributed by atoms with E-state index in [4.69, 9.17) is 9.47 Å². The largest absolute Gasteiger partial charge is 0.454 e. The predicted octanol–water partition coefficient (Wildman–Crippen LogP) is 2.95. The van der Waals surface area contributed by atoms with Crippen LogP contribution in [0.2, 0.25) is 0 Å². The third kappa shape index (κ3) is 4.60. The Morgan fingerprint density at radius 3 is 2.76 bits per heavy atom. The molecule has 1 aliphatic rings. The lowest BCUT2D eigenvalue weighted by atomic mass is 10.2. The maximum atomic E-state index is 11.9. The van der Waals surface area contributed by atoms with Crippen molar-refractivity contribution < 1.29 is 19.1 Å². The van der Waals surface area contributed by atoms with Crippen molar-refractivity contribution in [2.45, 2.75) is 0 Å². The lowest BCUT2D eigenvalue weighted by Gasteiger charge is -2.07. The molecule has 1 aliphatic heterocycles. The highest BCUT2D eigenvalue weighted by atomic mass is 79.9. The molecule has 3 rings (SSSR count). The van der Waals surface area contributed by atoms with Crippen molar-refractivity contribution in [2.75, 3.05) is 18.7 Å². The van der Waals surface area contributed by atoms with E-state index in [9.17, 15) is 9.59 Å². The van der Waals surface area contributed by atoms with Crippen LogP contribution in [0, 0.1) is 0 Å². The van der Waals surface area contributed by atoms with E-state index in [1.54, 1.807) is 24.3 Å². The molecule has 2 aromatic carbocycles. The molecular formula is C18H15BrN2O4. The van der Waals surface area contributed by atoms with E-state index in [1.165, 1.54) is 6.08 Å². The minimum absolute atomic E-state index is 0.119. The van der Waals surface area contributed by atoms with Crippen LogP contribution in [-0.2, 0) is 9.59 Å². The summed E-state index contributed by atoms with van der Waals surface area (Å²) >= 11 is 3.34. The third-order valence-corrected chi connectivity index (χ3v) is 4.09. The van der Waals surface area contributed by atoms with Crippen LogP contribution in [0.5, 0.6) is 11.5 Å². The minimum Gasteiger partial charge on any atom is -0.454 e. The molecule has 0 aliphatic carbocycles. The zero-order chi connectivity index (χ0) is 17.6. The summed E-state index contributed by atoms with van der Waals surface area (Å²) in [4.78, 5) is 23.7. The standard InChI is InChI=1S/C18H15BrN2O4/c19-13-3-1-2-4-14(13)21-18(23)10-20-17(22)8-6-12-5-7-15-16(9-12)25-11-24-15/h1-9H,10-11H2,(H,20,22)(H,21,23)/b8-6+. The van der Waals surface area contributed by atoms with Crippen molar-refractivity contribution in [1.82, 2.24) is 5.32 Å². The van der Waals surface area contributed by atoms with E-state index in [1.807, 2.05) is 24.3 Å². The molecule has 2 aromatic rings. The molecule has 0 saturated heterocycles. The number of para-hydroxylation sites is 1. The number of ether oxygens (including phenoxy) is 2. The van der Waals surface area contributed by atoms with Crippen LogP contribution >= 0.6 is 15.9 Å². The molecule has 0 atom stereocenters. The maximum Gasteiger partial charge on any atom is 0.244 e. The Hall–Kier alpha value is -2.80. The number of benzene rings is 2. The van der Waals surface area contributed by atoms with Gasteiger partial charge in [-0.25, -0.2) is 0 Å². The average Bonchev–Trinajstić information content (AvgIpc) is 3.08. The van der Waals surface area contributed by atoms with Gasteiger partial charge in [0, 0.05) is 10.5 Å². The molecular weight excluding hydrogens is 388 g/mol. The summed E-state index contributed by atoms with van der Waals surface area (Å²) < 4.78 is 11.3. The highest BCUT2D eigenvalue weighted by molar-refractivity contribution is 9.10. The molecule has 0 bridgehead atoms. The molecule has 0 unspecified atom stereocenters. The molecule has 1 heterocycles. The van der Waals surface area contributed by atoms with E-state index in [0.29, 0.717) is 17.2 Å². The fourth-order valence-corrected chi connectivity index (χ4v) is 2.56. The Morgan fingerprint density at radius 1 is 1.12 bits per heavy atom. The molecule has 0 spiro atoms. The summed E-state index contributed by atoms with van der Waals surface area (Å²) in [7, 11) is 0. The van der Waals surface area contributed by atoms with Crippen molar-refractivity contribution in [3.8, 4) is 11.5 Å². The van der Waals surface area contributed by atoms with E-state index in [2.05, 4.69) is 26.6 Å². The van der Waals surface area contributed by atoms with E-state index >= 15 is 0 Å². The zero-order valence-electron chi connectivity index (χ0n) is 13.1. The topological polar surface area (TPSA) is 76.7 Å². The van der Waals surface area contributed by atoms with Crippen LogP contribution in [-0.4, -0.2) is 25.2 Å². The van der Waals surface area contributed by atoms with Gasteiger partial charge in [-0.3, -0.25) is 9.59 Å². The van der Waals surface area contributed by atoms with Crippen LogP contribution in [0.15, 0.2) is 53.0 Å². The number of fused-ring (bicyclic) bond motifs is 1. The second kappa shape index (κ2) is 7.85. The number of rotatable bonds is 5. The van der Waals surface area contributed by atoms with Gasteiger partial charge in [0.2, 0.25) is 18.6 Å². The quantitative estimate of drug-likeness (QED) is 0.753. The summed E-state index contributed by atoms with van der Waals surface area (Å²) in [6.45, 7) is 0.0846. The Morgan fingerprint density at radius 2 is 1.92 bits per heavy atom. The van der Waals surface area contributed by atoms with Crippen molar-refractivity contribution in [3.63, 3.8) is 0 Å². The Bertz CT molecular complexity index is 836. The lowest BCUT2D eigenvalue weighted by molar-refractivity contribution is -0.121. The van der Waals surface area contributed by atoms with Crippen LogP contribution in [0.4, 0.5) is 5.69 Å². The maximum absolute atomic E-state index is 11.9. The van der Waals surface area contributed by atoms with Gasteiger partial charge in [-0.15, -0.1) is 0 Å². The molecule has 7 heteroatoms. The van der Waals surface area contributed by atoms with Gasteiger partial charge >= 0.3 is 0 Å². The monoisotopic (exact) mass is 402 g/mol. The SMILES string of the molecule is O=C(/C=C/c1ccc2c(c1)OCO2)NCC(=O)Nc1ccccc1Br. The van der Waals surface area contributed by atoms with Crippen molar-refractivity contribution in [2.24, 2.45) is 0 Å². The number of halogens is 1. The first-order valence-corrected chi connectivity index (χ1v) is 8.31. The number of hydrogen-bond acceptors (Lipinski definition) is 4. The number of carbonyl (C=O) groups excluding carboxylic acids is 2. The summed E-state index contributed by atoms with van der Waals surface area (Å²) in [5, 5.41) is 5.25. The highest BCUT2D eigenvalue weighted by Crippen LogP contribution is 2.32. The van der Waals surface area contributed by atoms with Crippen LogP contribution in [0.1, 0.15) is 5.56 Å². The zero-order valence-corrected chi connectivity index (χ0v) is 14.7. The van der Waals surface area contributed by atoms with Gasteiger partial charge in [0.1, 0.15) is 0 Å². The minimum atomic E-state index is -0.361. The molecule has 25 heavy (non-hydrogen) atoms. The first-order valence-electron chi connectivity index (χ1n) is 7.52. The number of anilines is 1. The fraction of sp³-hybridized carbons (Fsp3) is 0.111. The summed E-state index contributed by atoms with van der Waals surface area (Å²) in [5.41, 5.74) is 1.45. The molecule has 2 amide bonds. The fourth-order valence-electron chi connectivity index (χ4n) is 2.17. The average molecular weight is 403 g/mol. The van der Waals surface area contributed by atoms with Crippen LogP contribution in [0.25, 0.3) is 6.08 Å². The van der Waals surface area contributed by atoms with E-state index < -0.39 is 0 Å². The van der Waals surface area contributed by atoms with Crippen molar-refractivity contribution in [1.29, 1.82) is 0 Å². The second-order valence-electron chi connectivity index (χ2n) is 5.19.